The van der Waals surface area contributed by atoms with Gasteiger partial charge in [-0.1, -0.05) is 31.9 Å². The third-order valence-corrected chi connectivity index (χ3v) is 4.20. The van der Waals surface area contributed by atoms with E-state index in [2.05, 4.69) is 13.8 Å². The average Bonchev–Trinajstić information content (AvgIpc) is 2.41. The number of hydrogen-bond donors (Lipinski definition) is 0. The first kappa shape index (κ1) is 17.5. The molecule has 0 aliphatic carbocycles. The van der Waals surface area contributed by atoms with E-state index in [1.165, 1.54) is 0 Å². The Kier molecular flexibility index (Phi) is 7.53. The van der Waals surface area contributed by atoms with Crippen LogP contribution in [-0.4, -0.2) is 13.2 Å². The van der Waals surface area contributed by atoms with Crippen LogP contribution >= 0.6 is 23.2 Å². The van der Waals surface area contributed by atoms with E-state index < -0.39 is 0 Å². The third kappa shape index (κ3) is 4.46. The maximum Gasteiger partial charge on any atom is 0.162 e. The van der Waals surface area contributed by atoms with E-state index in [4.69, 9.17) is 32.7 Å². The Labute approximate surface area is 132 Å². The standard InChI is InChI=1S/C16H24Cl2O2/c1-5-8-11(4)16(18)12-9-14(19-6-2)15(20-7-3)10-13(12)17/h9-11,16H,5-8H2,1-4H3. The summed E-state index contributed by atoms with van der Waals surface area (Å²) in [5.41, 5.74) is 0.918. The first-order chi connectivity index (χ1) is 9.54. The molecule has 114 valence electrons. The van der Waals surface area contributed by atoms with Crippen LogP contribution in [-0.2, 0) is 0 Å². The number of halogens is 2. The summed E-state index contributed by atoms with van der Waals surface area (Å²) in [6.07, 6.45) is 2.18. The number of benzene rings is 1. The van der Waals surface area contributed by atoms with E-state index in [0.717, 1.165) is 18.4 Å². The van der Waals surface area contributed by atoms with Gasteiger partial charge in [-0.05, 0) is 37.8 Å². The molecule has 0 amide bonds. The molecule has 0 saturated heterocycles. The van der Waals surface area contributed by atoms with Gasteiger partial charge in [-0.25, -0.2) is 0 Å². The average molecular weight is 319 g/mol. The van der Waals surface area contributed by atoms with Crippen LogP contribution in [0.25, 0.3) is 0 Å². The van der Waals surface area contributed by atoms with E-state index in [0.29, 0.717) is 35.7 Å². The molecular weight excluding hydrogens is 295 g/mol. The Morgan fingerprint density at radius 2 is 1.60 bits per heavy atom. The van der Waals surface area contributed by atoms with E-state index in [-0.39, 0.29) is 5.38 Å². The SMILES string of the molecule is CCCC(C)C(Cl)c1cc(OCC)c(OCC)cc1Cl. The van der Waals surface area contributed by atoms with Crippen molar-refractivity contribution in [1.29, 1.82) is 0 Å². The van der Waals surface area contributed by atoms with Crippen LogP contribution in [0.15, 0.2) is 12.1 Å². The molecule has 0 aliphatic rings. The highest BCUT2D eigenvalue weighted by atomic mass is 35.5. The van der Waals surface area contributed by atoms with Gasteiger partial charge < -0.3 is 9.47 Å². The minimum Gasteiger partial charge on any atom is -0.490 e. The zero-order valence-corrected chi connectivity index (χ0v) is 14.2. The Bertz CT molecular complexity index is 421. The molecule has 1 aromatic rings. The Morgan fingerprint density at radius 3 is 2.10 bits per heavy atom. The van der Waals surface area contributed by atoms with Crippen molar-refractivity contribution in [1.82, 2.24) is 0 Å². The predicted molar refractivity (Wildman–Crippen MR) is 86.5 cm³/mol. The van der Waals surface area contributed by atoms with Crippen LogP contribution in [0.4, 0.5) is 0 Å². The molecule has 0 aromatic heterocycles. The molecule has 0 N–H and O–H groups in total. The quantitative estimate of drug-likeness (QED) is 0.559. The Balaban J connectivity index is 3.10. The molecule has 2 atom stereocenters. The number of ether oxygens (including phenoxy) is 2. The lowest BCUT2D eigenvalue weighted by Gasteiger charge is -2.21. The van der Waals surface area contributed by atoms with Crippen molar-refractivity contribution in [2.24, 2.45) is 5.92 Å². The van der Waals surface area contributed by atoms with Gasteiger partial charge >= 0.3 is 0 Å². The van der Waals surface area contributed by atoms with Crippen LogP contribution in [0.5, 0.6) is 11.5 Å². The van der Waals surface area contributed by atoms with Gasteiger partial charge in [-0.15, -0.1) is 11.6 Å². The molecule has 0 radical (unpaired) electrons. The highest BCUT2D eigenvalue weighted by Crippen LogP contribution is 2.41. The van der Waals surface area contributed by atoms with Crippen molar-refractivity contribution in [3.05, 3.63) is 22.7 Å². The van der Waals surface area contributed by atoms with E-state index >= 15 is 0 Å². The summed E-state index contributed by atoms with van der Waals surface area (Å²) >= 11 is 12.9. The molecule has 2 unspecified atom stereocenters. The van der Waals surface area contributed by atoms with Crippen molar-refractivity contribution in [2.45, 2.75) is 45.9 Å². The van der Waals surface area contributed by atoms with Gasteiger partial charge in [0.25, 0.3) is 0 Å². The molecule has 0 aliphatic heterocycles. The van der Waals surface area contributed by atoms with Gasteiger partial charge in [0, 0.05) is 11.1 Å². The number of rotatable bonds is 8. The van der Waals surface area contributed by atoms with Crippen molar-refractivity contribution >= 4 is 23.2 Å². The topological polar surface area (TPSA) is 18.5 Å². The van der Waals surface area contributed by atoms with Crippen LogP contribution in [0.3, 0.4) is 0 Å². The minimum atomic E-state index is -0.114. The molecule has 0 heterocycles. The summed E-state index contributed by atoms with van der Waals surface area (Å²) in [6, 6.07) is 3.72. The summed E-state index contributed by atoms with van der Waals surface area (Å²) in [5, 5.41) is 0.525. The van der Waals surface area contributed by atoms with Gasteiger partial charge in [0.2, 0.25) is 0 Å². The summed E-state index contributed by atoms with van der Waals surface area (Å²) in [4.78, 5) is 0. The maximum absolute atomic E-state index is 6.56. The van der Waals surface area contributed by atoms with Gasteiger partial charge in [0.1, 0.15) is 0 Å². The molecule has 1 rings (SSSR count). The molecule has 4 heteroatoms. The second kappa shape index (κ2) is 8.63. The molecular formula is C16H24Cl2O2. The monoisotopic (exact) mass is 318 g/mol. The van der Waals surface area contributed by atoms with Crippen molar-refractivity contribution in [3.8, 4) is 11.5 Å². The summed E-state index contributed by atoms with van der Waals surface area (Å²) in [7, 11) is 0. The molecule has 0 fully saturated rings. The van der Waals surface area contributed by atoms with Crippen molar-refractivity contribution in [3.63, 3.8) is 0 Å². The molecule has 0 saturated carbocycles. The normalized spacial score (nSPS) is 13.9. The summed E-state index contributed by atoms with van der Waals surface area (Å²) < 4.78 is 11.2. The minimum absolute atomic E-state index is 0.114. The predicted octanol–water partition coefficient (Wildman–Crippen LogP) is 5.85. The molecule has 1 aromatic carbocycles. The van der Waals surface area contributed by atoms with E-state index in [1.807, 2.05) is 19.9 Å². The highest BCUT2D eigenvalue weighted by Gasteiger charge is 2.21. The van der Waals surface area contributed by atoms with Gasteiger partial charge in [0.15, 0.2) is 11.5 Å². The van der Waals surface area contributed by atoms with Gasteiger partial charge in [0.05, 0.1) is 18.6 Å². The van der Waals surface area contributed by atoms with E-state index in [1.54, 1.807) is 6.07 Å². The van der Waals surface area contributed by atoms with Crippen molar-refractivity contribution < 1.29 is 9.47 Å². The zero-order valence-electron chi connectivity index (χ0n) is 12.7. The number of hydrogen-bond acceptors (Lipinski definition) is 2. The first-order valence-corrected chi connectivity index (χ1v) is 8.09. The van der Waals surface area contributed by atoms with Crippen LogP contribution in [0.2, 0.25) is 5.02 Å². The molecule has 0 spiro atoms. The number of alkyl halides is 1. The van der Waals surface area contributed by atoms with Gasteiger partial charge in [-0.2, -0.15) is 0 Å². The smallest absolute Gasteiger partial charge is 0.162 e. The van der Waals surface area contributed by atoms with E-state index in [9.17, 15) is 0 Å². The van der Waals surface area contributed by atoms with Crippen LogP contribution in [0, 0.1) is 5.92 Å². The summed E-state index contributed by atoms with van der Waals surface area (Å²) in [5.74, 6) is 1.75. The Morgan fingerprint density at radius 1 is 1.05 bits per heavy atom. The Hall–Kier alpha value is -0.600. The fourth-order valence-corrected chi connectivity index (χ4v) is 2.84. The maximum atomic E-state index is 6.56. The third-order valence-electron chi connectivity index (χ3n) is 3.20. The fourth-order valence-electron chi connectivity index (χ4n) is 2.21. The first-order valence-electron chi connectivity index (χ1n) is 7.28. The lowest BCUT2D eigenvalue weighted by Crippen LogP contribution is -2.06. The van der Waals surface area contributed by atoms with Crippen molar-refractivity contribution in [2.75, 3.05) is 13.2 Å². The molecule has 2 nitrogen and oxygen atoms in total. The molecule has 0 bridgehead atoms. The van der Waals surface area contributed by atoms with Crippen LogP contribution in [0.1, 0.15) is 51.5 Å². The summed E-state index contributed by atoms with van der Waals surface area (Å²) in [6.45, 7) is 9.35. The van der Waals surface area contributed by atoms with Crippen LogP contribution < -0.4 is 9.47 Å². The highest BCUT2D eigenvalue weighted by molar-refractivity contribution is 6.33. The lowest BCUT2D eigenvalue weighted by atomic mass is 9.96. The molecule has 20 heavy (non-hydrogen) atoms. The largest absolute Gasteiger partial charge is 0.490 e. The second-order valence-corrected chi connectivity index (χ2v) is 5.73. The zero-order chi connectivity index (χ0) is 15.1. The lowest BCUT2D eigenvalue weighted by molar-refractivity contribution is 0.287. The second-order valence-electron chi connectivity index (χ2n) is 4.85. The fraction of sp³-hybridized carbons (Fsp3) is 0.625. The van der Waals surface area contributed by atoms with Gasteiger partial charge in [-0.3, -0.25) is 0 Å².